The van der Waals surface area contributed by atoms with Gasteiger partial charge in [-0.1, -0.05) is 43.6 Å². The van der Waals surface area contributed by atoms with Gasteiger partial charge >= 0.3 is 5.69 Å². The van der Waals surface area contributed by atoms with Crippen molar-refractivity contribution < 1.29 is 9.59 Å². The molecule has 3 rings (SSSR count). The molecule has 0 unspecified atom stereocenters. The fraction of sp³-hybridized carbons (Fsp3) is 0.407. The Morgan fingerprint density at radius 2 is 1.75 bits per heavy atom. The quantitative estimate of drug-likeness (QED) is 0.378. The molecule has 0 saturated heterocycles. The van der Waals surface area contributed by atoms with Gasteiger partial charge in [-0.2, -0.15) is 0 Å². The number of carbonyl (C=O) groups is 2. The minimum absolute atomic E-state index is 0.0354. The second-order valence-corrected chi connectivity index (χ2v) is 9.75. The highest BCUT2D eigenvalue weighted by Gasteiger charge is 2.16. The largest absolute Gasteiger partial charge is 0.356 e. The second-order valence-electron chi connectivity index (χ2n) is 9.34. The average molecular weight is 513 g/mol. The van der Waals surface area contributed by atoms with Crippen LogP contribution in [0.25, 0.3) is 10.9 Å². The highest BCUT2D eigenvalue weighted by molar-refractivity contribution is 6.31. The number of benzene rings is 2. The Labute approximate surface area is 215 Å². The number of hydrogen-bond donors (Lipinski definition) is 2. The molecule has 3 aromatic rings. The number of carbonyl (C=O) groups excluding carboxylic acids is 2. The number of amides is 2. The van der Waals surface area contributed by atoms with E-state index in [-0.39, 0.29) is 19.0 Å². The van der Waals surface area contributed by atoms with Crippen molar-refractivity contribution in [2.45, 2.75) is 59.5 Å². The maximum atomic E-state index is 13.3. The van der Waals surface area contributed by atoms with E-state index in [1.54, 1.807) is 42.5 Å². The van der Waals surface area contributed by atoms with Crippen LogP contribution in [0, 0.1) is 12.8 Å². The van der Waals surface area contributed by atoms with Crippen molar-refractivity contribution >= 4 is 40.0 Å². The third-order valence-electron chi connectivity index (χ3n) is 5.97. The zero-order valence-corrected chi connectivity index (χ0v) is 21.7. The van der Waals surface area contributed by atoms with Crippen molar-refractivity contribution in [2.24, 2.45) is 5.92 Å². The van der Waals surface area contributed by atoms with Crippen LogP contribution in [0.1, 0.15) is 45.1 Å². The lowest BCUT2D eigenvalue weighted by atomic mass is 10.1. The minimum atomic E-state index is -0.558. The molecule has 9 heteroatoms. The fourth-order valence-corrected chi connectivity index (χ4v) is 4.06. The maximum Gasteiger partial charge on any atom is 0.331 e. The highest BCUT2D eigenvalue weighted by atomic mass is 35.5. The molecule has 2 N–H and O–H groups in total. The smallest absolute Gasteiger partial charge is 0.331 e. The number of anilines is 1. The van der Waals surface area contributed by atoms with Crippen LogP contribution in [0.5, 0.6) is 0 Å². The minimum Gasteiger partial charge on any atom is -0.356 e. The summed E-state index contributed by atoms with van der Waals surface area (Å²) in [6, 6.07) is 11.9. The van der Waals surface area contributed by atoms with Crippen LogP contribution in [0.2, 0.25) is 5.02 Å². The molecule has 1 heterocycles. The molecule has 0 aliphatic heterocycles. The number of halogens is 1. The predicted octanol–water partition coefficient (Wildman–Crippen LogP) is 4.10. The van der Waals surface area contributed by atoms with Gasteiger partial charge in [0, 0.05) is 30.2 Å². The molecule has 1 aromatic heterocycles. The van der Waals surface area contributed by atoms with Crippen molar-refractivity contribution in [1.82, 2.24) is 14.5 Å². The molecule has 8 nitrogen and oxygen atoms in total. The first kappa shape index (κ1) is 27.2. The fourth-order valence-electron chi connectivity index (χ4n) is 3.88. The molecule has 0 bridgehead atoms. The Morgan fingerprint density at radius 3 is 2.47 bits per heavy atom. The summed E-state index contributed by atoms with van der Waals surface area (Å²) in [5.41, 5.74) is 0.839. The van der Waals surface area contributed by atoms with Gasteiger partial charge < -0.3 is 10.6 Å². The first-order valence-corrected chi connectivity index (χ1v) is 12.6. The molecule has 0 fully saturated rings. The number of nitrogens with zero attached hydrogens (tertiary/aromatic N) is 2. The van der Waals surface area contributed by atoms with E-state index in [1.165, 1.54) is 4.57 Å². The van der Waals surface area contributed by atoms with Gasteiger partial charge in [-0.05, 0) is 61.9 Å². The van der Waals surface area contributed by atoms with Crippen molar-refractivity contribution in [3.05, 3.63) is 73.9 Å². The van der Waals surface area contributed by atoms with Gasteiger partial charge in [0.1, 0.15) is 6.54 Å². The van der Waals surface area contributed by atoms with E-state index in [0.29, 0.717) is 53.3 Å². The molecule has 192 valence electrons. The van der Waals surface area contributed by atoms with Crippen LogP contribution in [0.15, 0.2) is 52.1 Å². The number of rotatable bonds is 11. The van der Waals surface area contributed by atoms with Crippen LogP contribution in [0.4, 0.5) is 5.69 Å². The molecular weight excluding hydrogens is 480 g/mol. The third kappa shape index (κ3) is 7.07. The summed E-state index contributed by atoms with van der Waals surface area (Å²) >= 11 is 6.15. The summed E-state index contributed by atoms with van der Waals surface area (Å²) in [7, 11) is 0. The van der Waals surface area contributed by atoms with E-state index >= 15 is 0 Å². The summed E-state index contributed by atoms with van der Waals surface area (Å²) in [5.74, 6) is 0.0706. The van der Waals surface area contributed by atoms with Crippen LogP contribution in [-0.2, 0) is 22.7 Å². The lowest BCUT2D eigenvalue weighted by Crippen LogP contribution is -2.41. The summed E-state index contributed by atoms with van der Waals surface area (Å²) < 4.78 is 2.45. The Kier molecular flexibility index (Phi) is 9.47. The molecule has 0 atom stereocenters. The standard InChI is InChI=1S/C27H33ClN4O4/c1-18(2)13-14-29-24(33)10-6-7-15-31-26(35)21-8-4-5-9-23(21)32(27(31)36)17-25(34)30-20-12-11-19(3)22(28)16-20/h4-5,8-9,11-12,16,18H,6-7,10,13-15,17H2,1-3H3,(H,29,33)(H,30,34). The number of unbranched alkanes of at least 4 members (excludes halogenated alkanes) is 1. The molecule has 0 spiro atoms. The van der Waals surface area contributed by atoms with Crippen LogP contribution in [0.3, 0.4) is 0 Å². The molecule has 0 radical (unpaired) electrons. The maximum absolute atomic E-state index is 13.3. The van der Waals surface area contributed by atoms with Gasteiger partial charge in [-0.25, -0.2) is 4.79 Å². The number of nitrogens with one attached hydrogen (secondary N) is 2. The second kappa shape index (κ2) is 12.5. The Hall–Kier alpha value is -3.39. The third-order valence-corrected chi connectivity index (χ3v) is 6.38. The highest BCUT2D eigenvalue weighted by Crippen LogP contribution is 2.20. The lowest BCUT2D eigenvalue weighted by molar-refractivity contribution is -0.121. The Bertz CT molecular complexity index is 1360. The van der Waals surface area contributed by atoms with E-state index in [1.807, 2.05) is 6.92 Å². The van der Waals surface area contributed by atoms with Crippen LogP contribution < -0.4 is 21.9 Å². The number of fused-ring (bicyclic) bond motifs is 1. The normalized spacial score (nSPS) is 11.1. The monoisotopic (exact) mass is 512 g/mol. The molecule has 2 amide bonds. The van der Waals surface area contributed by atoms with Crippen molar-refractivity contribution in [3.63, 3.8) is 0 Å². The van der Waals surface area contributed by atoms with Crippen LogP contribution >= 0.6 is 11.6 Å². The zero-order chi connectivity index (χ0) is 26.2. The lowest BCUT2D eigenvalue weighted by Gasteiger charge is -2.14. The van der Waals surface area contributed by atoms with Gasteiger partial charge in [0.2, 0.25) is 11.8 Å². The zero-order valence-electron chi connectivity index (χ0n) is 21.0. The van der Waals surface area contributed by atoms with Gasteiger partial charge in [0.25, 0.3) is 5.56 Å². The Balaban J connectivity index is 1.74. The molecule has 2 aromatic carbocycles. The SMILES string of the molecule is Cc1ccc(NC(=O)Cn2c(=O)n(CCCCC(=O)NCCC(C)C)c(=O)c3ccccc32)cc1Cl. The van der Waals surface area contributed by atoms with Crippen molar-refractivity contribution in [2.75, 3.05) is 11.9 Å². The first-order chi connectivity index (χ1) is 17.2. The topological polar surface area (TPSA) is 102 Å². The van der Waals surface area contributed by atoms with Gasteiger partial charge in [-0.3, -0.25) is 23.5 Å². The van der Waals surface area contributed by atoms with Gasteiger partial charge in [-0.15, -0.1) is 0 Å². The number of para-hydroxylation sites is 1. The van der Waals surface area contributed by atoms with Crippen molar-refractivity contribution in [1.29, 1.82) is 0 Å². The molecule has 0 aliphatic carbocycles. The number of aryl methyl sites for hydroxylation is 1. The van der Waals surface area contributed by atoms with E-state index in [2.05, 4.69) is 24.5 Å². The number of aromatic nitrogens is 2. The van der Waals surface area contributed by atoms with E-state index in [0.717, 1.165) is 16.6 Å². The van der Waals surface area contributed by atoms with E-state index in [9.17, 15) is 19.2 Å². The van der Waals surface area contributed by atoms with Crippen molar-refractivity contribution in [3.8, 4) is 0 Å². The van der Waals surface area contributed by atoms with E-state index < -0.39 is 17.2 Å². The number of hydrogen-bond acceptors (Lipinski definition) is 4. The van der Waals surface area contributed by atoms with E-state index in [4.69, 9.17) is 11.6 Å². The first-order valence-electron chi connectivity index (χ1n) is 12.2. The van der Waals surface area contributed by atoms with Gasteiger partial charge in [0.15, 0.2) is 0 Å². The summed E-state index contributed by atoms with van der Waals surface area (Å²) in [5, 5.41) is 6.53. The molecule has 0 saturated carbocycles. The Morgan fingerprint density at radius 1 is 1.00 bits per heavy atom. The summed E-state index contributed by atoms with van der Waals surface area (Å²) in [6.07, 6.45) is 2.28. The average Bonchev–Trinajstić information content (AvgIpc) is 2.83. The predicted molar refractivity (Wildman–Crippen MR) is 144 cm³/mol. The van der Waals surface area contributed by atoms with Gasteiger partial charge in [0.05, 0.1) is 10.9 Å². The molecular formula is C27H33ClN4O4. The summed E-state index contributed by atoms with van der Waals surface area (Å²) in [4.78, 5) is 51.1. The van der Waals surface area contributed by atoms with Crippen LogP contribution in [-0.4, -0.2) is 27.5 Å². The molecule has 36 heavy (non-hydrogen) atoms. The molecule has 0 aliphatic rings. The summed E-state index contributed by atoms with van der Waals surface area (Å²) in [6.45, 7) is 6.61.